The van der Waals surface area contributed by atoms with Gasteiger partial charge in [0.25, 0.3) is 5.91 Å². The molecule has 0 radical (unpaired) electrons. The maximum atomic E-state index is 12.3. The van der Waals surface area contributed by atoms with Gasteiger partial charge in [0, 0.05) is 23.7 Å². The van der Waals surface area contributed by atoms with Crippen molar-refractivity contribution in [1.82, 2.24) is 5.32 Å². The van der Waals surface area contributed by atoms with E-state index in [0.717, 1.165) is 6.42 Å². The first kappa shape index (κ1) is 18.6. The Morgan fingerprint density at radius 1 is 1.07 bits per heavy atom. The van der Waals surface area contributed by atoms with Gasteiger partial charge in [-0.05, 0) is 42.2 Å². The van der Waals surface area contributed by atoms with Crippen LogP contribution in [0.4, 0.5) is 5.69 Å². The molecule has 2 aromatic carbocycles. The lowest BCUT2D eigenvalue weighted by Gasteiger charge is -2.14. The van der Waals surface area contributed by atoms with Crippen LogP contribution in [0.25, 0.3) is 0 Å². The van der Waals surface area contributed by atoms with Crippen LogP contribution in [-0.4, -0.2) is 29.4 Å². The van der Waals surface area contributed by atoms with Gasteiger partial charge in [-0.25, -0.2) is 0 Å². The summed E-state index contributed by atoms with van der Waals surface area (Å²) >= 11 is 0. The second kappa shape index (κ2) is 8.03. The molecule has 0 aromatic heterocycles. The van der Waals surface area contributed by atoms with E-state index in [9.17, 15) is 19.5 Å². The Kier molecular flexibility index (Phi) is 5.54. The van der Waals surface area contributed by atoms with Crippen molar-refractivity contribution in [1.29, 1.82) is 0 Å². The predicted molar refractivity (Wildman–Crippen MR) is 101 cm³/mol. The number of benzene rings is 2. The maximum absolute atomic E-state index is 12.3. The molecule has 0 heterocycles. The molecule has 6 heteroatoms. The molecule has 1 fully saturated rings. The van der Waals surface area contributed by atoms with Gasteiger partial charge in [-0.3, -0.25) is 14.4 Å². The molecule has 0 saturated heterocycles. The Bertz CT molecular complexity index is 833. The van der Waals surface area contributed by atoms with Crippen molar-refractivity contribution in [3.63, 3.8) is 0 Å². The van der Waals surface area contributed by atoms with Crippen molar-refractivity contribution in [2.75, 3.05) is 11.9 Å². The molecule has 2 amide bonds. The van der Waals surface area contributed by atoms with Crippen LogP contribution in [0.1, 0.15) is 35.2 Å². The Morgan fingerprint density at radius 3 is 2.26 bits per heavy atom. The first-order valence-corrected chi connectivity index (χ1v) is 8.92. The Balaban J connectivity index is 1.57. The van der Waals surface area contributed by atoms with E-state index >= 15 is 0 Å². The minimum atomic E-state index is -0.992. The van der Waals surface area contributed by atoms with Crippen LogP contribution in [0.2, 0.25) is 0 Å². The highest BCUT2D eigenvalue weighted by Crippen LogP contribution is 2.38. The van der Waals surface area contributed by atoms with E-state index in [4.69, 9.17) is 0 Å². The molecule has 3 N–H and O–H groups in total. The second-order valence-electron chi connectivity index (χ2n) is 6.90. The summed E-state index contributed by atoms with van der Waals surface area (Å²) in [5.41, 5.74) is 1.69. The van der Waals surface area contributed by atoms with Crippen LogP contribution >= 0.6 is 0 Å². The monoisotopic (exact) mass is 366 g/mol. The first-order chi connectivity index (χ1) is 13.0. The number of amides is 2. The molecule has 140 valence electrons. The minimum absolute atomic E-state index is 0.00373. The van der Waals surface area contributed by atoms with Crippen LogP contribution in [-0.2, 0) is 9.59 Å². The molecule has 3 atom stereocenters. The smallest absolute Gasteiger partial charge is 0.312 e. The van der Waals surface area contributed by atoms with Gasteiger partial charge in [0.15, 0.2) is 0 Å². The number of aliphatic carboxylic acids is 1. The van der Waals surface area contributed by atoms with Crippen molar-refractivity contribution in [3.8, 4) is 0 Å². The minimum Gasteiger partial charge on any atom is -0.481 e. The van der Waals surface area contributed by atoms with Crippen molar-refractivity contribution >= 4 is 23.5 Å². The third-order valence-corrected chi connectivity index (χ3v) is 4.83. The molecule has 0 aliphatic heterocycles. The normalized spacial score (nSPS) is 19.0. The highest BCUT2D eigenvalue weighted by molar-refractivity contribution is 5.97. The van der Waals surface area contributed by atoms with E-state index in [1.54, 1.807) is 48.5 Å². The quantitative estimate of drug-likeness (QED) is 0.702. The largest absolute Gasteiger partial charge is 0.481 e. The summed E-state index contributed by atoms with van der Waals surface area (Å²) in [6, 6.07) is 15.4. The lowest BCUT2D eigenvalue weighted by Crippen LogP contribution is -2.31. The maximum Gasteiger partial charge on any atom is 0.312 e. The molecule has 27 heavy (non-hydrogen) atoms. The van der Waals surface area contributed by atoms with Crippen LogP contribution < -0.4 is 10.6 Å². The standard InChI is InChI=1S/C21H22N2O4/c1-13-11-17(13)20(25)23-16-9-7-15(8-10-16)19(24)22-12-18(21(26)27)14-5-3-2-4-6-14/h2-10,13,17-18H,11-12H2,1H3,(H,22,24)(H,23,25)(H,26,27). The number of carboxylic acids is 1. The molecule has 1 aliphatic carbocycles. The Labute approximate surface area is 157 Å². The third-order valence-electron chi connectivity index (χ3n) is 4.83. The molecule has 2 aromatic rings. The van der Waals surface area contributed by atoms with Crippen molar-refractivity contribution in [2.45, 2.75) is 19.3 Å². The number of carbonyl (C=O) groups is 3. The zero-order chi connectivity index (χ0) is 19.4. The highest BCUT2D eigenvalue weighted by Gasteiger charge is 2.39. The fourth-order valence-electron chi connectivity index (χ4n) is 2.96. The zero-order valence-corrected chi connectivity index (χ0v) is 15.0. The number of hydrogen-bond donors (Lipinski definition) is 3. The van der Waals surface area contributed by atoms with Crippen LogP contribution in [0.3, 0.4) is 0 Å². The highest BCUT2D eigenvalue weighted by atomic mass is 16.4. The second-order valence-corrected chi connectivity index (χ2v) is 6.90. The molecule has 6 nitrogen and oxygen atoms in total. The molecule has 3 unspecified atom stereocenters. The molecule has 0 spiro atoms. The summed E-state index contributed by atoms with van der Waals surface area (Å²) in [5.74, 6) is -1.64. The molecule has 1 saturated carbocycles. The summed E-state index contributed by atoms with van der Waals surface area (Å²) in [5, 5.41) is 14.9. The zero-order valence-electron chi connectivity index (χ0n) is 15.0. The van der Waals surface area contributed by atoms with Crippen LogP contribution in [0, 0.1) is 11.8 Å². The van der Waals surface area contributed by atoms with E-state index in [1.807, 2.05) is 13.0 Å². The molecule has 3 rings (SSSR count). The van der Waals surface area contributed by atoms with E-state index in [1.165, 1.54) is 0 Å². The van der Waals surface area contributed by atoms with Gasteiger partial charge < -0.3 is 15.7 Å². The lowest BCUT2D eigenvalue weighted by atomic mass is 9.99. The number of carbonyl (C=O) groups excluding carboxylic acids is 2. The van der Waals surface area contributed by atoms with E-state index in [0.29, 0.717) is 22.7 Å². The average molecular weight is 366 g/mol. The van der Waals surface area contributed by atoms with Crippen molar-refractivity contribution < 1.29 is 19.5 Å². The number of hydrogen-bond acceptors (Lipinski definition) is 3. The number of carboxylic acid groups (broad SMARTS) is 1. The van der Waals surface area contributed by atoms with Gasteiger partial charge >= 0.3 is 5.97 Å². The molecular formula is C21H22N2O4. The van der Waals surface area contributed by atoms with Gasteiger partial charge in [-0.1, -0.05) is 37.3 Å². The van der Waals surface area contributed by atoms with Gasteiger partial charge in [0.2, 0.25) is 5.91 Å². The first-order valence-electron chi connectivity index (χ1n) is 8.92. The summed E-state index contributed by atoms with van der Waals surface area (Å²) in [6.45, 7) is 2.04. The topological polar surface area (TPSA) is 95.5 Å². The average Bonchev–Trinajstić information content (AvgIpc) is 3.40. The summed E-state index contributed by atoms with van der Waals surface area (Å²) in [7, 11) is 0. The number of anilines is 1. The number of nitrogens with one attached hydrogen (secondary N) is 2. The van der Waals surface area contributed by atoms with Crippen molar-refractivity contribution in [3.05, 3.63) is 65.7 Å². The fraction of sp³-hybridized carbons (Fsp3) is 0.286. The van der Waals surface area contributed by atoms with Gasteiger partial charge in [0.1, 0.15) is 0 Å². The van der Waals surface area contributed by atoms with Gasteiger partial charge in [0.05, 0.1) is 5.92 Å². The van der Waals surface area contributed by atoms with E-state index < -0.39 is 11.9 Å². The SMILES string of the molecule is CC1CC1C(=O)Nc1ccc(C(=O)NCC(C(=O)O)c2ccccc2)cc1. The van der Waals surface area contributed by atoms with E-state index in [2.05, 4.69) is 10.6 Å². The lowest BCUT2D eigenvalue weighted by molar-refractivity contribution is -0.138. The van der Waals surface area contributed by atoms with Gasteiger partial charge in [-0.2, -0.15) is 0 Å². The Hall–Kier alpha value is -3.15. The fourth-order valence-corrected chi connectivity index (χ4v) is 2.96. The summed E-state index contributed by atoms with van der Waals surface area (Å²) in [6.07, 6.45) is 0.915. The predicted octanol–water partition coefficient (Wildman–Crippen LogP) is 2.88. The van der Waals surface area contributed by atoms with Crippen LogP contribution in [0.15, 0.2) is 54.6 Å². The molecular weight excluding hydrogens is 344 g/mol. The molecule has 1 aliphatic rings. The summed E-state index contributed by atoms with van der Waals surface area (Å²) < 4.78 is 0. The van der Waals surface area contributed by atoms with Crippen LogP contribution in [0.5, 0.6) is 0 Å². The molecule has 0 bridgehead atoms. The van der Waals surface area contributed by atoms with Crippen molar-refractivity contribution in [2.24, 2.45) is 11.8 Å². The number of rotatable bonds is 7. The van der Waals surface area contributed by atoms with E-state index in [-0.39, 0.29) is 24.3 Å². The third kappa shape index (κ3) is 4.73. The summed E-state index contributed by atoms with van der Waals surface area (Å²) in [4.78, 5) is 35.7. The van der Waals surface area contributed by atoms with Gasteiger partial charge in [-0.15, -0.1) is 0 Å². The Morgan fingerprint density at radius 2 is 1.70 bits per heavy atom.